The maximum Gasteiger partial charge on any atom is 0.337 e. The Balaban J connectivity index is 2.27. The molecule has 0 radical (unpaired) electrons. The Bertz CT molecular complexity index is 572. The number of allylic oxidation sites excluding steroid dienone is 2. The van der Waals surface area contributed by atoms with Gasteiger partial charge in [0.1, 0.15) is 0 Å². The van der Waals surface area contributed by atoms with Crippen LogP contribution in [0.2, 0.25) is 0 Å². The number of nitrogens with zero attached hydrogens (tertiary/aromatic N) is 1. The van der Waals surface area contributed by atoms with Crippen molar-refractivity contribution < 1.29 is 9.90 Å². The maximum absolute atomic E-state index is 11.2. The van der Waals surface area contributed by atoms with Crippen molar-refractivity contribution >= 4 is 17.4 Å². The van der Waals surface area contributed by atoms with Crippen LogP contribution in [0.4, 0.5) is 5.69 Å². The third kappa shape index (κ3) is 3.35. The highest BCUT2D eigenvalue weighted by Gasteiger charge is 2.21. The molecule has 0 amide bonds. The average molecular weight is 271 g/mol. The Morgan fingerprint density at radius 3 is 2.70 bits per heavy atom. The van der Waals surface area contributed by atoms with Crippen LogP contribution in [-0.4, -0.2) is 16.8 Å². The molecule has 0 bridgehead atoms. The lowest BCUT2D eigenvalue weighted by Crippen LogP contribution is -2.18. The minimum Gasteiger partial charge on any atom is -0.478 e. The molecule has 0 saturated heterocycles. The summed E-state index contributed by atoms with van der Waals surface area (Å²) in [4.78, 5) is 15.8. The van der Waals surface area contributed by atoms with Crippen molar-refractivity contribution in [2.75, 3.05) is 0 Å². The van der Waals surface area contributed by atoms with Crippen LogP contribution < -0.4 is 0 Å². The summed E-state index contributed by atoms with van der Waals surface area (Å²) < 4.78 is 0. The van der Waals surface area contributed by atoms with Crippen LogP contribution in [0, 0.1) is 11.8 Å². The van der Waals surface area contributed by atoms with Gasteiger partial charge < -0.3 is 5.11 Å². The molecule has 106 valence electrons. The van der Waals surface area contributed by atoms with E-state index in [4.69, 9.17) is 0 Å². The van der Waals surface area contributed by atoms with Gasteiger partial charge in [-0.1, -0.05) is 30.7 Å². The number of rotatable bonds is 3. The highest BCUT2D eigenvalue weighted by Crippen LogP contribution is 2.30. The van der Waals surface area contributed by atoms with Gasteiger partial charge in [-0.2, -0.15) is 0 Å². The SMILES string of the molecule is CC1=CC(C)CC(/C(C)=N/c2ccccc2C(=O)O)C1. The van der Waals surface area contributed by atoms with E-state index in [1.165, 1.54) is 5.57 Å². The Hall–Kier alpha value is -1.90. The number of carboxylic acid groups (broad SMARTS) is 1. The highest BCUT2D eigenvalue weighted by molar-refractivity contribution is 5.96. The van der Waals surface area contributed by atoms with E-state index in [1.54, 1.807) is 18.2 Å². The molecule has 1 N–H and O–H groups in total. The molecule has 1 aromatic carbocycles. The van der Waals surface area contributed by atoms with E-state index in [-0.39, 0.29) is 5.56 Å². The molecular weight excluding hydrogens is 250 g/mol. The van der Waals surface area contributed by atoms with Gasteiger partial charge in [-0.3, -0.25) is 4.99 Å². The molecule has 1 aliphatic rings. The van der Waals surface area contributed by atoms with Crippen LogP contribution >= 0.6 is 0 Å². The van der Waals surface area contributed by atoms with Crippen LogP contribution in [0.25, 0.3) is 0 Å². The van der Waals surface area contributed by atoms with E-state index in [2.05, 4.69) is 24.9 Å². The van der Waals surface area contributed by atoms with Crippen LogP contribution in [0.5, 0.6) is 0 Å². The number of carbonyl (C=O) groups is 1. The van der Waals surface area contributed by atoms with Gasteiger partial charge in [0, 0.05) is 11.6 Å². The lowest BCUT2D eigenvalue weighted by atomic mass is 9.81. The van der Waals surface area contributed by atoms with Crippen molar-refractivity contribution in [2.45, 2.75) is 33.6 Å². The predicted molar refractivity (Wildman–Crippen MR) is 81.8 cm³/mol. The molecule has 2 unspecified atom stereocenters. The van der Waals surface area contributed by atoms with Gasteiger partial charge in [-0.05, 0) is 44.7 Å². The first-order chi connectivity index (χ1) is 9.47. The molecule has 0 aliphatic heterocycles. The van der Waals surface area contributed by atoms with Crippen molar-refractivity contribution in [1.82, 2.24) is 0 Å². The summed E-state index contributed by atoms with van der Waals surface area (Å²) in [6, 6.07) is 6.92. The molecule has 20 heavy (non-hydrogen) atoms. The molecular formula is C17H21NO2. The van der Waals surface area contributed by atoms with Gasteiger partial charge in [0.25, 0.3) is 0 Å². The standard InChI is InChI=1S/C17H21NO2/c1-11-8-12(2)10-14(9-11)13(3)18-16-7-5-4-6-15(16)17(19)20/h4-8,11,14H,9-10H2,1-3H3,(H,19,20)/b18-13+. The number of para-hydroxylation sites is 1. The Morgan fingerprint density at radius 1 is 1.35 bits per heavy atom. The number of carboxylic acids is 1. The fourth-order valence-electron chi connectivity index (χ4n) is 2.89. The van der Waals surface area contributed by atoms with Crippen molar-refractivity contribution in [1.29, 1.82) is 0 Å². The molecule has 1 aliphatic carbocycles. The number of hydrogen-bond acceptors (Lipinski definition) is 2. The Labute approximate surface area is 120 Å². The summed E-state index contributed by atoms with van der Waals surface area (Å²) in [5.41, 5.74) is 3.24. The lowest BCUT2D eigenvalue weighted by molar-refractivity contribution is 0.0698. The zero-order valence-electron chi connectivity index (χ0n) is 12.3. The summed E-state index contributed by atoms with van der Waals surface area (Å²) in [7, 11) is 0. The normalized spacial score (nSPS) is 23.4. The summed E-state index contributed by atoms with van der Waals surface area (Å²) >= 11 is 0. The molecule has 1 aromatic rings. The van der Waals surface area contributed by atoms with E-state index >= 15 is 0 Å². The quantitative estimate of drug-likeness (QED) is 0.651. The Morgan fingerprint density at radius 2 is 2.05 bits per heavy atom. The molecule has 3 heteroatoms. The van der Waals surface area contributed by atoms with Crippen LogP contribution in [-0.2, 0) is 0 Å². The molecule has 0 fully saturated rings. The summed E-state index contributed by atoms with van der Waals surface area (Å²) in [5.74, 6) is 0.0516. The molecule has 2 atom stereocenters. The summed E-state index contributed by atoms with van der Waals surface area (Å²) in [6.07, 6.45) is 4.42. The third-order valence-electron chi connectivity index (χ3n) is 3.82. The topological polar surface area (TPSA) is 49.7 Å². The minimum atomic E-state index is -0.926. The van der Waals surface area contributed by atoms with Gasteiger partial charge in [0.05, 0.1) is 11.3 Å². The fraction of sp³-hybridized carbons (Fsp3) is 0.412. The smallest absolute Gasteiger partial charge is 0.337 e. The number of aromatic carboxylic acids is 1. The second-order valence-electron chi connectivity index (χ2n) is 5.70. The van der Waals surface area contributed by atoms with E-state index < -0.39 is 5.97 Å². The van der Waals surface area contributed by atoms with Crippen LogP contribution in [0.15, 0.2) is 40.9 Å². The van der Waals surface area contributed by atoms with E-state index in [0.29, 0.717) is 17.5 Å². The second kappa shape index (κ2) is 6.04. The zero-order chi connectivity index (χ0) is 14.7. The molecule has 0 heterocycles. The first-order valence-corrected chi connectivity index (χ1v) is 7.02. The first-order valence-electron chi connectivity index (χ1n) is 7.02. The fourth-order valence-corrected chi connectivity index (χ4v) is 2.89. The predicted octanol–water partition coefficient (Wildman–Crippen LogP) is 4.47. The molecule has 0 saturated carbocycles. The van der Waals surface area contributed by atoms with Crippen LogP contribution in [0.3, 0.4) is 0 Å². The van der Waals surface area contributed by atoms with Gasteiger partial charge in [-0.15, -0.1) is 0 Å². The lowest BCUT2D eigenvalue weighted by Gasteiger charge is -2.25. The van der Waals surface area contributed by atoms with Gasteiger partial charge >= 0.3 is 5.97 Å². The number of benzene rings is 1. The average Bonchev–Trinajstić information content (AvgIpc) is 2.37. The van der Waals surface area contributed by atoms with Crippen LogP contribution in [0.1, 0.15) is 44.0 Å². The number of aliphatic imine (C=N–C) groups is 1. The van der Waals surface area contributed by atoms with Crippen molar-refractivity contribution in [2.24, 2.45) is 16.8 Å². The van der Waals surface area contributed by atoms with Crippen molar-refractivity contribution in [3.63, 3.8) is 0 Å². The van der Waals surface area contributed by atoms with Gasteiger partial charge in [0.15, 0.2) is 0 Å². The summed E-state index contributed by atoms with van der Waals surface area (Å²) in [5, 5.41) is 9.19. The molecule has 3 nitrogen and oxygen atoms in total. The van der Waals surface area contributed by atoms with E-state index in [9.17, 15) is 9.90 Å². The Kier molecular flexibility index (Phi) is 4.38. The minimum absolute atomic E-state index is 0.267. The van der Waals surface area contributed by atoms with E-state index in [1.807, 2.05) is 13.0 Å². The largest absolute Gasteiger partial charge is 0.478 e. The summed E-state index contributed by atoms with van der Waals surface area (Å²) in [6.45, 7) is 6.38. The highest BCUT2D eigenvalue weighted by atomic mass is 16.4. The molecule has 0 aromatic heterocycles. The monoisotopic (exact) mass is 271 g/mol. The molecule has 2 rings (SSSR count). The number of hydrogen-bond donors (Lipinski definition) is 1. The van der Waals surface area contributed by atoms with Crippen molar-refractivity contribution in [3.8, 4) is 0 Å². The van der Waals surface area contributed by atoms with Gasteiger partial charge in [-0.25, -0.2) is 4.79 Å². The first kappa shape index (κ1) is 14.5. The molecule has 0 spiro atoms. The second-order valence-corrected chi connectivity index (χ2v) is 5.70. The van der Waals surface area contributed by atoms with Gasteiger partial charge in [0.2, 0.25) is 0 Å². The third-order valence-corrected chi connectivity index (χ3v) is 3.82. The van der Waals surface area contributed by atoms with Crippen molar-refractivity contribution in [3.05, 3.63) is 41.5 Å². The van der Waals surface area contributed by atoms with E-state index in [0.717, 1.165) is 18.6 Å². The zero-order valence-corrected chi connectivity index (χ0v) is 12.3. The maximum atomic E-state index is 11.2.